The normalized spacial score (nSPS) is 9.69. The molecule has 1 aromatic rings. The average molecular weight is 276 g/mol. The predicted molar refractivity (Wildman–Crippen MR) is 60.0 cm³/mol. The molecule has 6 nitrogen and oxygen atoms in total. The van der Waals surface area contributed by atoms with Gasteiger partial charge in [0, 0.05) is 0 Å². The van der Waals surface area contributed by atoms with Gasteiger partial charge in [-0.1, -0.05) is 18.2 Å². The van der Waals surface area contributed by atoms with E-state index in [0.29, 0.717) is 5.75 Å². The van der Waals surface area contributed by atoms with Crippen LogP contribution >= 0.6 is 7.82 Å². The molecule has 0 bridgehead atoms. The Labute approximate surface area is 136 Å². The van der Waals surface area contributed by atoms with Crippen LogP contribution in [-0.2, 0) is 14.1 Å². The zero-order valence-electron chi connectivity index (χ0n) is 8.11. The summed E-state index contributed by atoms with van der Waals surface area (Å²) in [5.74, 6) is 0.322. The summed E-state index contributed by atoms with van der Waals surface area (Å²) in [7, 11) is -4.40. The van der Waals surface area contributed by atoms with E-state index in [1.165, 1.54) is 0 Å². The van der Waals surface area contributed by atoms with Gasteiger partial charge in [0.25, 0.3) is 0 Å². The molecule has 1 rings (SSSR count). The average Bonchev–Trinajstić information content (AvgIpc) is 2.16. The van der Waals surface area contributed by atoms with Crippen molar-refractivity contribution in [2.45, 2.75) is 6.92 Å². The fraction of sp³-hybridized carbons (Fsp3) is 0.250. The van der Waals surface area contributed by atoms with Crippen molar-refractivity contribution in [1.82, 2.24) is 0 Å². The molecule has 1 aromatic carbocycles. The van der Waals surface area contributed by atoms with Gasteiger partial charge in [-0.2, -0.15) is 0 Å². The molecule has 8 heteroatoms. The van der Waals surface area contributed by atoms with Gasteiger partial charge >= 0.3 is 59.2 Å². The number of phosphoric acid groups is 1. The molecule has 0 aliphatic rings. The number of phenolic OH excluding ortho intramolecular Hbond substituents is 1. The quantitative estimate of drug-likeness (QED) is 0.327. The first-order chi connectivity index (χ1) is 6.95. The molecular formula is C8H14KO6P. The minimum absolute atomic E-state index is 0. The molecular weight excluding hydrogens is 262 g/mol. The fourth-order valence-corrected chi connectivity index (χ4v) is 0.792. The Morgan fingerprint density at radius 1 is 1.25 bits per heavy atom. The van der Waals surface area contributed by atoms with E-state index in [1.807, 2.05) is 6.07 Å². The summed E-state index contributed by atoms with van der Waals surface area (Å²) >= 11 is 0. The van der Waals surface area contributed by atoms with Crippen LogP contribution in [0.4, 0.5) is 0 Å². The van der Waals surface area contributed by atoms with Crippen LogP contribution in [0.1, 0.15) is 6.92 Å². The third kappa shape index (κ3) is 14.7. The Morgan fingerprint density at radius 2 is 1.75 bits per heavy atom. The third-order valence-electron chi connectivity index (χ3n) is 1.02. The molecule has 88 valence electrons. The van der Waals surface area contributed by atoms with Gasteiger partial charge in [-0.25, -0.2) is 9.45 Å². The molecule has 0 heterocycles. The zero-order valence-corrected chi connectivity index (χ0v) is 9.00. The van der Waals surface area contributed by atoms with E-state index in [9.17, 15) is 4.57 Å². The van der Waals surface area contributed by atoms with E-state index >= 15 is 0 Å². The second kappa shape index (κ2) is 10.9. The van der Waals surface area contributed by atoms with Crippen LogP contribution in [0.25, 0.3) is 0 Å². The molecule has 0 fully saturated rings. The second-order valence-electron chi connectivity index (χ2n) is 2.31. The summed E-state index contributed by atoms with van der Waals surface area (Å²) in [6.45, 7) is 1.67. The van der Waals surface area contributed by atoms with Crippen LogP contribution in [0.3, 0.4) is 0 Å². The third-order valence-corrected chi connectivity index (χ3v) is 1.32. The topological polar surface area (TPSA) is 96.2 Å². The van der Waals surface area contributed by atoms with Crippen molar-refractivity contribution in [3.63, 3.8) is 0 Å². The molecule has 0 saturated heterocycles. The Bertz CT molecular complexity index is 301. The van der Waals surface area contributed by atoms with Crippen molar-refractivity contribution in [3.05, 3.63) is 30.3 Å². The summed E-state index contributed by atoms with van der Waals surface area (Å²) in [6.07, 6.45) is 0. The maximum atomic E-state index is 9.74. The minimum atomic E-state index is -4.40. The Kier molecular flexibility index (Phi) is 12.9. The molecule has 0 unspecified atom stereocenters. The van der Waals surface area contributed by atoms with Crippen LogP contribution in [0, 0.1) is 0 Å². The van der Waals surface area contributed by atoms with Gasteiger partial charge in [-0.3, -0.25) is 0 Å². The first-order valence-corrected chi connectivity index (χ1v) is 5.59. The molecule has 16 heavy (non-hydrogen) atoms. The summed E-state index contributed by atoms with van der Waals surface area (Å²) in [5, 5.41) is 8.63. The van der Waals surface area contributed by atoms with Gasteiger partial charge in [0.2, 0.25) is 0 Å². The number of rotatable bonds is 3. The van der Waals surface area contributed by atoms with Gasteiger partial charge in [0.15, 0.2) is 0 Å². The SMILES string of the molecule is CCOOP(=O)(O)O.Oc1ccccc1.[KH]. The molecule has 0 amide bonds. The molecule has 0 aromatic heterocycles. The monoisotopic (exact) mass is 276 g/mol. The Balaban J connectivity index is 0. The van der Waals surface area contributed by atoms with Crippen LogP contribution in [0.5, 0.6) is 5.75 Å². The van der Waals surface area contributed by atoms with Crippen molar-refractivity contribution in [2.24, 2.45) is 0 Å². The van der Waals surface area contributed by atoms with Gasteiger partial charge in [-0.05, 0) is 19.1 Å². The fourth-order valence-electron chi connectivity index (χ4n) is 0.549. The second-order valence-corrected chi connectivity index (χ2v) is 3.44. The van der Waals surface area contributed by atoms with Crippen LogP contribution in [0.2, 0.25) is 0 Å². The molecule has 0 spiro atoms. The summed E-state index contributed by atoms with van der Waals surface area (Å²) in [4.78, 5) is 19.8. The number of hydrogen-bond acceptors (Lipinski definition) is 4. The van der Waals surface area contributed by atoms with Crippen molar-refractivity contribution in [3.8, 4) is 5.75 Å². The molecule has 0 saturated carbocycles. The number of aromatic hydroxyl groups is 1. The zero-order chi connectivity index (χ0) is 11.7. The summed E-state index contributed by atoms with van der Waals surface area (Å²) in [6, 6.07) is 8.71. The predicted octanol–water partition coefficient (Wildman–Crippen LogP) is 0.791. The Hall–Kier alpha value is 0.726. The van der Waals surface area contributed by atoms with Gasteiger partial charge in [0.05, 0.1) is 6.61 Å². The van der Waals surface area contributed by atoms with E-state index in [2.05, 4.69) is 9.56 Å². The standard InChI is InChI=1S/C6H6O.C2H7O5P.K.H/c7-6-4-2-1-3-5-6;1-2-6-7-8(3,4)5;;/h1-5,7H;2H2,1H3,(H2,3,4,5);;. The van der Waals surface area contributed by atoms with Gasteiger partial charge in [-0.15, -0.1) is 4.67 Å². The van der Waals surface area contributed by atoms with Crippen LogP contribution in [-0.4, -0.2) is 72.9 Å². The van der Waals surface area contributed by atoms with Crippen molar-refractivity contribution in [2.75, 3.05) is 6.61 Å². The van der Waals surface area contributed by atoms with Crippen molar-refractivity contribution in [1.29, 1.82) is 0 Å². The number of para-hydroxylation sites is 1. The molecule has 3 N–H and O–H groups in total. The maximum absolute atomic E-state index is 9.74. The summed E-state index contributed by atoms with van der Waals surface area (Å²) < 4.78 is 13.3. The Morgan fingerprint density at radius 3 is 1.94 bits per heavy atom. The first-order valence-electron chi connectivity index (χ1n) is 4.06. The van der Waals surface area contributed by atoms with Crippen LogP contribution < -0.4 is 0 Å². The van der Waals surface area contributed by atoms with E-state index in [0.717, 1.165) is 0 Å². The summed E-state index contributed by atoms with van der Waals surface area (Å²) in [5.41, 5.74) is 0. The van der Waals surface area contributed by atoms with E-state index in [4.69, 9.17) is 14.9 Å². The molecule has 0 aliphatic heterocycles. The van der Waals surface area contributed by atoms with Crippen molar-refractivity contribution < 1.29 is 29.0 Å². The van der Waals surface area contributed by atoms with Crippen LogP contribution in [0.15, 0.2) is 30.3 Å². The van der Waals surface area contributed by atoms with E-state index in [-0.39, 0.29) is 58.0 Å². The van der Waals surface area contributed by atoms with E-state index in [1.54, 1.807) is 31.2 Å². The van der Waals surface area contributed by atoms with E-state index < -0.39 is 7.82 Å². The molecule has 0 atom stereocenters. The molecule has 0 radical (unpaired) electrons. The van der Waals surface area contributed by atoms with Gasteiger partial charge < -0.3 is 14.9 Å². The van der Waals surface area contributed by atoms with Crippen molar-refractivity contribution >= 4 is 59.2 Å². The number of benzene rings is 1. The van der Waals surface area contributed by atoms with Gasteiger partial charge in [0.1, 0.15) is 5.75 Å². The molecule has 0 aliphatic carbocycles. The first kappa shape index (κ1) is 19.1. The number of hydrogen-bond donors (Lipinski definition) is 3. The number of phenols is 1.